The highest BCUT2D eigenvalue weighted by atomic mass is 32.2. The van der Waals surface area contributed by atoms with E-state index in [1.54, 1.807) is 0 Å². The molecule has 0 bridgehead atoms. The van der Waals surface area contributed by atoms with E-state index in [2.05, 4.69) is 70.4 Å². The minimum atomic E-state index is 0.347. The lowest BCUT2D eigenvalue weighted by Crippen LogP contribution is -2.63. The lowest BCUT2D eigenvalue weighted by Gasteiger charge is -2.49. The van der Waals surface area contributed by atoms with Gasteiger partial charge in [0.15, 0.2) is 0 Å². The summed E-state index contributed by atoms with van der Waals surface area (Å²) in [4.78, 5) is 2.75. The van der Waals surface area contributed by atoms with E-state index in [4.69, 9.17) is 0 Å². The molecular formula is C17H36N2S. The molecule has 0 saturated carbocycles. The minimum Gasteiger partial charge on any atom is -0.311 e. The van der Waals surface area contributed by atoms with Crippen LogP contribution in [0.25, 0.3) is 0 Å². The first kappa shape index (κ1) is 18.3. The lowest BCUT2D eigenvalue weighted by atomic mass is 9.79. The first-order valence-electron chi connectivity index (χ1n) is 8.21. The third kappa shape index (κ3) is 5.57. The molecule has 0 spiro atoms. The van der Waals surface area contributed by atoms with Crippen molar-refractivity contribution in [3.05, 3.63) is 0 Å². The second kappa shape index (κ2) is 7.51. The van der Waals surface area contributed by atoms with Crippen LogP contribution in [-0.4, -0.2) is 48.1 Å². The Morgan fingerprint density at radius 3 is 2.25 bits per heavy atom. The van der Waals surface area contributed by atoms with Crippen molar-refractivity contribution in [1.82, 2.24) is 10.2 Å². The molecule has 0 aromatic heterocycles. The Hall–Kier alpha value is 0.270. The summed E-state index contributed by atoms with van der Waals surface area (Å²) in [5.41, 5.74) is 0.701. The maximum atomic E-state index is 3.80. The Kier molecular flexibility index (Phi) is 6.88. The van der Waals surface area contributed by atoms with Gasteiger partial charge in [0.1, 0.15) is 0 Å². The van der Waals surface area contributed by atoms with Crippen LogP contribution in [0.5, 0.6) is 0 Å². The molecule has 0 amide bonds. The molecule has 3 heteroatoms. The van der Waals surface area contributed by atoms with Crippen molar-refractivity contribution in [3.8, 4) is 0 Å². The number of piperazine rings is 1. The lowest BCUT2D eigenvalue weighted by molar-refractivity contribution is 0.0309. The van der Waals surface area contributed by atoms with Crippen LogP contribution in [-0.2, 0) is 0 Å². The van der Waals surface area contributed by atoms with E-state index in [0.717, 1.165) is 6.54 Å². The summed E-state index contributed by atoms with van der Waals surface area (Å²) in [7, 11) is 0. The molecule has 0 radical (unpaired) electrons. The standard InChI is InChI=1S/C17H36N2S/c1-8-20-11-9-10-19-13-14(16(2,3)4)18-12-15(19)17(5,6)7/h14-15,18H,8-13H2,1-7H3. The third-order valence-corrected chi connectivity index (χ3v) is 5.38. The van der Waals surface area contributed by atoms with Crippen LogP contribution in [0.2, 0.25) is 0 Å². The molecule has 0 aromatic rings. The van der Waals surface area contributed by atoms with Crippen molar-refractivity contribution in [2.45, 2.75) is 67.0 Å². The van der Waals surface area contributed by atoms with Gasteiger partial charge < -0.3 is 5.32 Å². The molecular weight excluding hydrogens is 264 g/mol. The Bertz CT molecular complexity index is 278. The highest BCUT2D eigenvalue weighted by Gasteiger charge is 2.38. The minimum absolute atomic E-state index is 0.347. The van der Waals surface area contributed by atoms with Gasteiger partial charge in [-0.05, 0) is 35.3 Å². The Morgan fingerprint density at radius 1 is 1.10 bits per heavy atom. The fourth-order valence-electron chi connectivity index (χ4n) is 3.00. The quantitative estimate of drug-likeness (QED) is 0.776. The zero-order valence-electron chi connectivity index (χ0n) is 14.8. The number of thioether (sulfide) groups is 1. The molecule has 0 aliphatic carbocycles. The molecule has 20 heavy (non-hydrogen) atoms. The average Bonchev–Trinajstić information content (AvgIpc) is 2.32. The van der Waals surface area contributed by atoms with Gasteiger partial charge in [-0.1, -0.05) is 48.5 Å². The van der Waals surface area contributed by atoms with E-state index in [0.29, 0.717) is 22.9 Å². The van der Waals surface area contributed by atoms with Gasteiger partial charge >= 0.3 is 0 Å². The van der Waals surface area contributed by atoms with Crippen molar-refractivity contribution in [2.75, 3.05) is 31.1 Å². The van der Waals surface area contributed by atoms with Crippen molar-refractivity contribution in [3.63, 3.8) is 0 Å². The van der Waals surface area contributed by atoms with Gasteiger partial charge in [0.05, 0.1) is 0 Å². The monoisotopic (exact) mass is 300 g/mol. The molecule has 1 aliphatic rings. The summed E-state index contributed by atoms with van der Waals surface area (Å²) in [6, 6.07) is 1.27. The molecule has 1 aliphatic heterocycles. The molecule has 120 valence electrons. The van der Waals surface area contributed by atoms with E-state index in [1.165, 1.54) is 31.0 Å². The second-order valence-corrected chi connectivity index (χ2v) is 9.65. The number of nitrogens with one attached hydrogen (secondary N) is 1. The van der Waals surface area contributed by atoms with E-state index in [1.807, 2.05) is 0 Å². The number of hydrogen-bond donors (Lipinski definition) is 1. The molecule has 1 N–H and O–H groups in total. The van der Waals surface area contributed by atoms with Gasteiger partial charge in [-0.15, -0.1) is 0 Å². The smallest absolute Gasteiger partial charge is 0.0269 e. The summed E-state index contributed by atoms with van der Waals surface area (Å²) in [5, 5.41) is 3.80. The molecule has 1 rings (SSSR count). The van der Waals surface area contributed by atoms with Crippen molar-refractivity contribution >= 4 is 11.8 Å². The predicted octanol–water partition coefficient (Wildman–Crippen LogP) is 3.86. The van der Waals surface area contributed by atoms with Crippen LogP contribution in [0.4, 0.5) is 0 Å². The number of rotatable bonds is 5. The SMILES string of the molecule is CCSCCCN1CC(C(C)(C)C)NCC1C(C)(C)C. The van der Waals surface area contributed by atoms with Gasteiger partial charge in [0, 0.05) is 25.2 Å². The van der Waals surface area contributed by atoms with Gasteiger partial charge in [0.25, 0.3) is 0 Å². The first-order valence-corrected chi connectivity index (χ1v) is 9.37. The summed E-state index contributed by atoms with van der Waals surface area (Å²) in [5.74, 6) is 2.55. The molecule has 2 unspecified atom stereocenters. The fraction of sp³-hybridized carbons (Fsp3) is 1.00. The molecule has 2 atom stereocenters. The van der Waals surface area contributed by atoms with Crippen LogP contribution in [0.3, 0.4) is 0 Å². The highest BCUT2D eigenvalue weighted by Crippen LogP contribution is 2.30. The molecule has 0 aromatic carbocycles. The van der Waals surface area contributed by atoms with Gasteiger partial charge in [0.2, 0.25) is 0 Å². The fourth-order valence-corrected chi connectivity index (χ4v) is 3.63. The van der Waals surface area contributed by atoms with Crippen molar-refractivity contribution < 1.29 is 0 Å². The van der Waals surface area contributed by atoms with Crippen LogP contribution in [0, 0.1) is 10.8 Å². The van der Waals surface area contributed by atoms with Gasteiger partial charge in [-0.3, -0.25) is 4.90 Å². The van der Waals surface area contributed by atoms with E-state index >= 15 is 0 Å². The predicted molar refractivity (Wildman–Crippen MR) is 93.7 cm³/mol. The largest absolute Gasteiger partial charge is 0.311 e. The van der Waals surface area contributed by atoms with E-state index < -0.39 is 0 Å². The molecule has 2 nitrogen and oxygen atoms in total. The summed E-state index contributed by atoms with van der Waals surface area (Å²) >= 11 is 2.07. The Balaban J connectivity index is 2.63. The summed E-state index contributed by atoms with van der Waals surface area (Å²) < 4.78 is 0. The van der Waals surface area contributed by atoms with Gasteiger partial charge in [-0.2, -0.15) is 11.8 Å². The normalized spacial score (nSPS) is 25.9. The topological polar surface area (TPSA) is 15.3 Å². The zero-order chi connectivity index (χ0) is 15.4. The first-order chi connectivity index (χ1) is 9.16. The number of nitrogens with zero attached hydrogens (tertiary/aromatic N) is 1. The highest BCUT2D eigenvalue weighted by molar-refractivity contribution is 7.99. The van der Waals surface area contributed by atoms with Crippen LogP contribution in [0.15, 0.2) is 0 Å². The van der Waals surface area contributed by atoms with Gasteiger partial charge in [-0.25, -0.2) is 0 Å². The number of hydrogen-bond acceptors (Lipinski definition) is 3. The Morgan fingerprint density at radius 2 is 1.75 bits per heavy atom. The third-order valence-electron chi connectivity index (χ3n) is 4.40. The molecule has 1 heterocycles. The molecule has 1 fully saturated rings. The van der Waals surface area contributed by atoms with E-state index in [9.17, 15) is 0 Å². The summed E-state index contributed by atoms with van der Waals surface area (Å²) in [6.45, 7) is 20.0. The van der Waals surface area contributed by atoms with Crippen molar-refractivity contribution in [2.24, 2.45) is 10.8 Å². The second-order valence-electron chi connectivity index (χ2n) is 8.25. The average molecular weight is 301 g/mol. The van der Waals surface area contributed by atoms with Crippen LogP contribution in [0.1, 0.15) is 54.9 Å². The maximum Gasteiger partial charge on any atom is 0.0269 e. The summed E-state index contributed by atoms with van der Waals surface area (Å²) in [6.07, 6.45) is 1.32. The molecule has 1 saturated heterocycles. The van der Waals surface area contributed by atoms with Crippen LogP contribution < -0.4 is 5.32 Å². The maximum absolute atomic E-state index is 3.80. The van der Waals surface area contributed by atoms with Crippen LogP contribution >= 0.6 is 11.8 Å². The van der Waals surface area contributed by atoms with Crippen molar-refractivity contribution in [1.29, 1.82) is 0 Å². The Labute approximate surface area is 131 Å². The van der Waals surface area contributed by atoms with E-state index in [-0.39, 0.29) is 0 Å². The zero-order valence-corrected chi connectivity index (χ0v) is 15.6.